The van der Waals surface area contributed by atoms with Crippen LogP contribution in [0.25, 0.3) is 0 Å². The van der Waals surface area contributed by atoms with Crippen LogP contribution in [-0.2, 0) is 9.53 Å². The molecule has 0 aromatic heterocycles. The Morgan fingerprint density at radius 2 is 2.35 bits per heavy atom. The van der Waals surface area contributed by atoms with E-state index in [4.69, 9.17) is 10.5 Å². The Kier molecular flexibility index (Phi) is 4.36. The van der Waals surface area contributed by atoms with Gasteiger partial charge in [-0.2, -0.15) is 0 Å². The third-order valence-corrected chi connectivity index (χ3v) is 3.42. The van der Waals surface area contributed by atoms with Crippen LogP contribution in [0.5, 0.6) is 0 Å². The van der Waals surface area contributed by atoms with Crippen molar-refractivity contribution in [1.82, 2.24) is 10.2 Å². The average molecular weight is 241 g/mol. The first-order valence-electron chi connectivity index (χ1n) is 6.54. The van der Waals surface area contributed by atoms with Crippen molar-refractivity contribution in [3.63, 3.8) is 0 Å². The van der Waals surface area contributed by atoms with Gasteiger partial charge in [-0.1, -0.05) is 0 Å². The number of amides is 1. The molecule has 1 aliphatic heterocycles. The summed E-state index contributed by atoms with van der Waals surface area (Å²) in [6, 6.07) is 0.358. The number of ether oxygens (including phenoxy) is 1. The highest BCUT2D eigenvalue weighted by atomic mass is 16.5. The molecule has 1 aliphatic carbocycles. The summed E-state index contributed by atoms with van der Waals surface area (Å²) in [5, 5.41) is 3.31. The van der Waals surface area contributed by atoms with Crippen molar-refractivity contribution in [3.05, 3.63) is 0 Å². The zero-order valence-corrected chi connectivity index (χ0v) is 10.5. The van der Waals surface area contributed by atoms with E-state index in [0.29, 0.717) is 12.1 Å². The first-order chi connectivity index (χ1) is 8.15. The van der Waals surface area contributed by atoms with E-state index < -0.39 is 0 Å². The monoisotopic (exact) mass is 241 g/mol. The van der Waals surface area contributed by atoms with Crippen LogP contribution >= 0.6 is 0 Å². The maximum absolute atomic E-state index is 11.3. The second-order valence-corrected chi connectivity index (χ2v) is 5.17. The van der Waals surface area contributed by atoms with Crippen molar-refractivity contribution in [1.29, 1.82) is 0 Å². The molecule has 2 rings (SSSR count). The van der Waals surface area contributed by atoms with Crippen LogP contribution < -0.4 is 11.1 Å². The summed E-state index contributed by atoms with van der Waals surface area (Å²) >= 11 is 0. The van der Waals surface area contributed by atoms with Crippen molar-refractivity contribution in [2.75, 3.05) is 26.2 Å². The molecule has 2 fully saturated rings. The number of nitrogens with one attached hydrogen (secondary N) is 1. The number of hydrogen-bond donors (Lipinski definition) is 2. The quantitative estimate of drug-likeness (QED) is 0.670. The molecule has 5 nitrogen and oxygen atoms in total. The van der Waals surface area contributed by atoms with Crippen molar-refractivity contribution < 1.29 is 9.53 Å². The fourth-order valence-corrected chi connectivity index (χ4v) is 2.25. The van der Waals surface area contributed by atoms with Crippen LogP contribution in [-0.4, -0.2) is 55.2 Å². The number of rotatable bonds is 6. The normalized spacial score (nSPS) is 27.9. The van der Waals surface area contributed by atoms with Crippen LogP contribution in [0.4, 0.5) is 0 Å². The molecule has 0 aromatic rings. The number of nitrogens with two attached hydrogens (primary N) is 1. The third-order valence-electron chi connectivity index (χ3n) is 3.42. The first-order valence-corrected chi connectivity index (χ1v) is 6.54. The minimum Gasteiger partial charge on any atom is -0.376 e. The highest BCUT2D eigenvalue weighted by molar-refractivity contribution is 5.79. The van der Waals surface area contributed by atoms with Gasteiger partial charge in [0, 0.05) is 25.7 Å². The van der Waals surface area contributed by atoms with Gasteiger partial charge in [0.15, 0.2) is 0 Å². The molecule has 0 radical (unpaired) electrons. The largest absolute Gasteiger partial charge is 0.376 e. The van der Waals surface area contributed by atoms with Crippen LogP contribution in [0.1, 0.15) is 26.2 Å². The van der Waals surface area contributed by atoms with E-state index in [9.17, 15) is 4.79 Å². The van der Waals surface area contributed by atoms with Gasteiger partial charge < -0.3 is 15.8 Å². The summed E-state index contributed by atoms with van der Waals surface area (Å²) in [5.74, 6) is -0.224. The van der Waals surface area contributed by atoms with E-state index in [1.54, 1.807) is 0 Å². The minimum atomic E-state index is -0.224. The molecule has 0 spiro atoms. The standard InChI is InChI=1S/C12H23N3O2/c1-9-8-15(6-7-17-9)5-4-11(12(13)16)14-10-2-3-10/h9-11,14H,2-8H2,1H3,(H2,13,16). The highest BCUT2D eigenvalue weighted by Gasteiger charge is 2.27. The van der Waals surface area contributed by atoms with Gasteiger partial charge in [-0.15, -0.1) is 0 Å². The molecule has 17 heavy (non-hydrogen) atoms. The molecule has 0 bridgehead atoms. The molecular formula is C12H23N3O2. The molecule has 2 atom stereocenters. The molecule has 3 N–H and O–H groups in total. The molecule has 2 aliphatic rings. The number of carbonyl (C=O) groups excluding carboxylic acids is 1. The lowest BCUT2D eigenvalue weighted by molar-refractivity contribution is -0.120. The van der Waals surface area contributed by atoms with Crippen molar-refractivity contribution in [3.8, 4) is 0 Å². The number of nitrogens with zero attached hydrogens (tertiary/aromatic N) is 1. The summed E-state index contributed by atoms with van der Waals surface area (Å²) in [6.07, 6.45) is 3.46. The van der Waals surface area contributed by atoms with E-state index in [1.165, 1.54) is 12.8 Å². The van der Waals surface area contributed by atoms with E-state index >= 15 is 0 Å². The predicted octanol–water partition coefficient (Wildman–Crippen LogP) is -0.297. The van der Waals surface area contributed by atoms with Gasteiger partial charge in [0.2, 0.25) is 5.91 Å². The molecule has 1 amide bonds. The zero-order chi connectivity index (χ0) is 12.3. The second kappa shape index (κ2) is 5.80. The van der Waals surface area contributed by atoms with Crippen LogP contribution in [0.3, 0.4) is 0 Å². The van der Waals surface area contributed by atoms with Gasteiger partial charge in [-0.3, -0.25) is 9.69 Å². The highest BCUT2D eigenvalue weighted by Crippen LogP contribution is 2.20. The predicted molar refractivity (Wildman–Crippen MR) is 65.6 cm³/mol. The van der Waals surface area contributed by atoms with E-state index in [-0.39, 0.29) is 11.9 Å². The van der Waals surface area contributed by atoms with Gasteiger partial charge in [0.05, 0.1) is 18.8 Å². The van der Waals surface area contributed by atoms with Gasteiger partial charge in [-0.05, 0) is 26.2 Å². The maximum atomic E-state index is 11.3. The number of primary amides is 1. The van der Waals surface area contributed by atoms with Crippen molar-refractivity contribution in [2.45, 2.75) is 44.4 Å². The second-order valence-electron chi connectivity index (χ2n) is 5.17. The maximum Gasteiger partial charge on any atom is 0.234 e. The van der Waals surface area contributed by atoms with Crippen LogP contribution in [0, 0.1) is 0 Å². The van der Waals surface area contributed by atoms with Gasteiger partial charge in [0.25, 0.3) is 0 Å². The fourth-order valence-electron chi connectivity index (χ4n) is 2.25. The number of carbonyl (C=O) groups is 1. The molecular weight excluding hydrogens is 218 g/mol. The first kappa shape index (κ1) is 12.8. The number of morpholine rings is 1. The number of hydrogen-bond acceptors (Lipinski definition) is 4. The average Bonchev–Trinajstić information content (AvgIpc) is 3.07. The topological polar surface area (TPSA) is 67.6 Å². The van der Waals surface area contributed by atoms with E-state index in [2.05, 4.69) is 17.1 Å². The van der Waals surface area contributed by atoms with Gasteiger partial charge >= 0.3 is 0 Å². The lowest BCUT2D eigenvalue weighted by Crippen LogP contribution is -2.47. The lowest BCUT2D eigenvalue weighted by atomic mass is 10.1. The Bertz CT molecular complexity index is 268. The third kappa shape index (κ3) is 4.26. The molecule has 0 aromatic carbocycles. The molecule has 98 valence electrons. The summed E-state index contributed by atoms with van der Waals surface area (Å²) in [7, 11) is 0. The summed E-state index contributed by atoms with van der Waals surface area (Å²) in [4.78, 5) is 13.7. The lowest BCUT2D eigenvalue weighted by Gasteiger charge is -2.31. The Labute approximate surface area is 103 Å². The Hall–Kier alpha value is -0.650. The summed E-state index contributed by atoms with van der Waals surface area (Å²) < 4.78 is 5.49. The molecule has 5 heteroatoms. The Morgan fingerprint density at radius 3 is 2.94 bits per heavy atom. The van der Waals surface area contributed by atoms with Gasteiger partial charge in [0.1, 0.15) is 0 Å². The van der Waals surface area contributed by atoms with Crippen molar-refractivity contribution >= 4 is 5.91 Å². The van der Waals surface area contributed by atoms with Crippen LogP contribution in [0.2, 0.25) is 0 Å². The molecule has 2 unspecified atom stereocenters. The molecule has 1 saturated carbocycles. The Morgan fingerprint density at radius 1 is 1.59 bits per heavy atom. The smallest absolute Gasteiger partial charge is 0.234 e. The van der Waals surface area contributed by atoms with Gasteiger partial charge in [-0.25, -0.2) is 0 Å². The van der Waals surface area contributed by atoms with E-state index in [1.807, 2.05) is 0 Å². The van der Waals surface area contributed by atoms with Crippen molar-refractivity contribution in [2.24, 2.45) is 5.73 Å². The molecule has 1 heterocycles. The van der Waals surface area contributed by atoms with E-state index in [0.717, 1.165) is 32.7 Å². The molecule has 1 saturated heterocycles. The van der Waals surface area contributed by atoms with Crippen LogP contribution in [0.15, 0.2) is 0 Å². The zero-order valence-electron chi connectivity index (χ0n) is 10.5. The summed E-state index contributed by atoms with van der Waals surface area (Å²) in [5.41, 5.74) is 5.41. The minimum absolute atomic E-state index is 0.166. The fraction of sp³-hybridized carbons (Fsp3) is 0.917. The SMILES string of the molecule is CC1CN(CCC(NC2CC2)C(N)=O)CCO1. The Balaban J connectivity index is 1.71. The summed E-state index contributed by atoms with van der Waals surface area (Å²) in [6.45, 7) is 5.70.